The van der Waals surface area contributed by atoms with Crippen LogP contribution in [0.2, 0.25) is 0 Å². The van der Waals surface area contributed by atoms with Gasteiger partial charge in [-0.2, -0.15) is 8.78 Å². The van der Waals surface area contributed by atoms with Gasteiger partial charge in [-0.15, -0.1) is 0 Å². The van der Waals surface area contributed by atoms with Crippen LogP contribution in [-0.4, -0.2) is 17.7 Å². The molecule has 1 aromatic rings. The lowest BCUT2D eigenvalue weighted by atomic mass is 10.1. The van der Waals surface area contributed by atoms with E-state index in [0.717, 1.165) is 3.57 Å². The first kappa shape index (κ1) is 13.1. The molecule has 0 unspecified atom stereocenters. The number of halogens is 3. The molecule has 1 aromatic carbocycles. The quantitative estimate of drug-likeness (QED) is 0.837. The van der Waals surface area contributed by atoms with Crippen molar-refractivity contribution in [3.63, 3.8) is 0 Å². The summed E-state index contributed by atoms with van der Waals surface area (Å²) in [5, 5.41) is 8.55. The Morgan fingerprint density at radius 3 is 2.75 bits per heavy atom. The van der Waals surface area contributed by atoms with Crippen LogP contribution in [0.3, 0.4) is 0 Å². The van der Waals surface area contributed by atoms with Gasteiger partial charge in [0.2, 0.25) is 0 Å². The number of ether oxygens (including phenoxy) is 1. The molecule has 0 heterocycles. The minimum absolute atomic E-state index is 0.0446. The molecule has 0 atom stereocenters. The van der Waals surface area contributed by atoms with E-state index in [0.29, 0.717) is 5.56 Å². The fraction of sp³-hybridized carbons (Fsp3) is 0.300. The molecule has 16 heavy (non-hydrogen) atoms. The largest absolute Gasteiger partial charge is 0.481 e. The maximum Gasteiger partial charge on any atom is 0.387 e. The third-order valence-electron chi connectivity index (χ3n) is 1.88. The predicted molar refractivity (Wildman–Crippen MR) is 61.7 cm³/mol. The Morgan fingerprint density at radius 1 is 1.50 bits per heavy atom. The Labute approximate surface area is 105 Å². The van der Waals surface area contributed by atoms with E-state index >= 15 is 0 Å². The second-order valence-electron chi connectivity index (χ2n) is 2.99. The first-order chi connectivity index (χ1) is 7.50. The van der Waals surface area contributed by atoms with E-state index in [1.807, 2.05) is 22.6 Å². The van der Waals surface area contributed by atoms with Gasteiger partial charge >= 0.3 is 12.6 Å². The maximum absolute atomic E-state index is 12.1. The van der Waals surface area contributed by atoms with Gasteiger partial charge in [-0.05, 0) is 41.1 Å². The Bertz CT molecular complexity index is 382. The molecule has 0 saturated carbocycles. The van der Waals surface area contributed by atoms with E-state index in [2.05, 4.69) is 4.74 Å². The Morgan fingerprint density at radius 2 is 2.19 bits per heavy atom. The van der Waals surface area contributed by atoms with Crippen molar-refractivity contribution in [2.45, 2.75) is 19.5 Å². The smallest absolute Gasteiger partial charge is 0.387 e. The molecule has 0 aromatic heterocycles. The summed E-state index contributed by atoms with van der Waals surface area (Å²) in [4.78, 5) is 10.4. The van der Waals surface area contributed by atoms with Gasteiger partial charge in [0.25, 0.3) is 0 Å². The van der Waals surface area contributed by atoms with Crippen molar-refractivity contribution < 1.29 is 23.4 Å². The summed E-state index contributed by atoms with van der Waals surface area (Å²) in [6, 6.07) is 4.71. The van der Waals surface area contributed by atoms with Gasteiger partial charge in [0, 0.05) is 15.6 Å². The zero-order valence-corrected chi connectivity index (χ0v) is 10.3. The van der Waals surface area contributed by atoms with Crippen LogP contribution in [0.5, 0.6) is 5.75 Å². The molecule has 0 radical (unpaired) electrons. The molecule has 0 amide bonds. The van der Waals surface area contributed by atoms with Crippen LogP contribution < -0.4 is 4.74 Å². The van der Waals surface area contributed by atoms with E-state index in [1.54, 1.807) is 12.1 Å². The van der Waals surface area contributed by atoms with Gasteiger partial charge in [-0.25, -0.2) is 0 Å². The summed E-state index contributed by atoms with van der Waals surface area (Å²) >= 11 is 1.96. The van der Waals surface area contributed by atoms with Crippen LogP contribution in [0.25, 0.3) is 0 Å². The second kappa shape index (κ2) is 5.97. The third-order valence-corrected chi connectivity index (χ3v) is 2.89. The minimum atomic E-state index is -2.90. The van der Waals surface area contributed by atoms with E-state index in [4.69, 9.17) is 5.11 Å². The van der Waals surface area contributed by atoms with Gasteiger partial charge in [-0.1, -0.05) is 6.07 Å². The van der Waals surface area contributed by atoms with Gasteiger partial charge in [-0.3, -0.25) is 4.79 Å². The monoisotopic (exact) mass is 342 g/mol. The summed E-state index contributed by atoms with van der Waals surface area (Å²) in [6.07, 6.45) is 0.0656. The van der Waals surface area contributed by atoms with Crippen molar-refractivity contribution in [2.75, 3.05) is 0 Å². The lowest BCUT2D eigenvalue weighted by Crippen LogP contribution is -2.07. The third kappa shape index (κ3) is 3.92. The second-order valence-corrected chi connectivity index (χ2v) is 4.15. The molecule has 0 saturated heterocycles. The van der Waals surface area contributed by atoms with Crippen LogP contribution >= 0.6 is 22.6 Å². The molecule has 0 aliphatic rings. The van der Waals surface area contributed by atoms with Gasteiger partial charge in [0.15, 0.2) is 0 Å². The molecule has 0 bridgehead atoms. The average Bonchev–Trinajstić information content (AvgIpc) is 2.15. The summed E-state index contributed by atoms with van der Waals surface area (Å²) in [7, 11) is 0. The van der Waals surface area contributed by atoms with Crippen LogP contribution in [0, 0.1) is 3.57 Å². The van der Waals surface area contributed by atoms with Crippen molar-refractivity contribution in [3.05, 3.63) is 27.3 Å². The maximum atomic E-state index is 12.1. The number of rotatable bonds is 5. The molecule has 0 aliphatic carbocycles. The van der Waals surface area contributed by atoms with Gasteiger partial charge < -0.3 is 9.84 Å². The van der Waals surface area contributed by atoms with Crippen molar-refractivity contribution in [1.82, 2.24) is 0 Å². The molecule has 0 aliphatic heterocycles. The average molecular weight is 342 g/mol. The highest BCUT2D eigenvalue weighted by Crippen LogP contribution is 2.26. The van der Waals surface area contributed by atoms with Crippen molar-refractivity contribution >= 4 is 28.6 Å². The first-order valence-corrected chi connectivity index (χ1v) is 5.52. The minimum Gasteiger partial charge on any atom is -0.481 e. The van der Waals surface area contributed by atoms with Crippen LogP contribution in [0.15, 0.2) is 18.2 Å². The number of benzene rings is 1. The molecular weight excluding hydrogens is 333 g/mol. The zero-order valence-electron chi connectivity index (χ0n) is 8.12. The SMILES string of the molecule is O=C(O)CCc1c(I)cccc1OC(F)F. The fourth-order valence-corrected chi connectivity index (χ4v) is 1.96. The summed E-state index contributed by atoms with van der Waals surface area (Å²) < 4.78 is 29.2. The number of alkyl halides is 2. The lowest BCUT2D eigenvalue weighted by molar-refractivity contribution is -0.136. The molecule has 3 nitrogen and oxygen atoms in total. The number of carboxylic acid groups (broad SMARTS) is 1. The standard InChI is InChI=1S/C10H9F2IO3/c11-10(12)16-8-3-1-2-7(13)6(8)4-5-9(14)15/h1-3,10H,4-5H2,(H,14,15). The Hall–Kier alpha value is -0.920. The Kier molecular flexibility index (Phi) is 4.91. The number of aliphatic carboxylic acids is 1. The highest BCUT2D eigenvalue weighted by molar-refractivity contribution is 14.1. The number of carbonyl (C=O) groups is 1. The lowest BCUT2D eigenvalue weighted by Gasteiger charge is -2.11. The van der Waals surface area contributed by atoms with E-state index in [9.17, 15) is 13.6 Å². The topological polar surface area (TPSA) is 46.5 Å². The molecule has 1 N–H and O–H groups in total. The van der Waals surface area contributed by atoms with E-state index < -0.39 is 12.6 Å². The highest BCUT2D eigenvalue weighted by atomic mass is 127. The van der Waals surface area contributed by atoms with E-state index in [1.165, 1.54) is 6.07 Å². The van der Waals surface area contributed by atoms with Crippen LogP contribution in [0.1, 0.15) is 12.0 Å². The molecular formula is C10H9F2IO3. The summed E-state index contributed by atoms with van der Waals surface area (Å²) in [5.74, 6) is -0.925. The first-order valence-electron chi connectivity index (χ1n) is 4.44. The van der Waals surface area contributed by atoms with Crippen LogP contribution in [0.4, 0.5) is 8.78 Å². The molecule has 1 rings (SSSR count). The molecule has 6 heteroatoms. The Balaban J connectivity index is 2.89. The van der Waals surface area contributed by atoms with Gasteiger partial charge in [0.05, 0.1) is 0 Å². The predicted octanol–water partition coefficient (Wildman–Crippen LogP) is 2.91. The van der Waals surface area contributed by atoms with Crippen molar-refractivity contribution in [1.29, 1.82) is 0 Å². The molecule has 0 spiro atoms. The number of hydrogen-bond acceptors (Lipinski definition) is 2. The van der Waals surface area contributed by atoms with Gasteiger partial charge in [0.1, 0.15) is 5.75 Å². The van der Waals surface area contributed by atoms with Crippen molar-refractivity contribution in [3.8, 4) is 5.75 Å². The molecule has 88 valence electrons. The number of carboxylic acids is 1. The molecule has 0 fully saturated rings. The zero-order chi connectivity index (χ0) is 12.1. The highest BCUT2D eigenvalue weighted by Gasteiger charge is 2.13. The van der Waals surface area contributed by atoms with Crippen LogP contribution in [-0.2, 0) is 11.2 Å². The number of hydrogen-bond donors (Lipinski definition) is 1. The summed E-state index contributed by atoms with van der Waals surface area (Å²) in [6.45, 7) is -2.90. The summed E-state index contributed by atoms with van der Waals surface area (Å²) in [5.41, 5.74) is 0.505. The normalized spacial score (nSPS) is 10.5. The van der Waals surface area contributed by atoms with E-state index in [-0.39, 0.29) is 18.6 Å². The van der Waals surface area contributed by atoms with Crippen molar-refractivity contribution in [2.24, 2.45) is 0 Å². The fourth-order valence-electron chi connectivity index (χ4n) is 1.22.